The van der Waals surface area contributed by atoms with Crippen molar-refractivity contribution in [1.29, 1.82) is 0 Å². The molecule has 3 aromatic rings. The van der Waals surface area contributed by atoms with Crippen LogP contribution in [0.25, 0.3) is 0 Å². The van der Waals surface area contributed by atoms with Crippen molar-refractivity contribution in [2.24, 2.45) is 5.10 Å². The molecule has 0 aliphatic rings. The summed E-state index contributed by atoms with van der Waals surface area (Å²) < 4.78 is 10.5. The molecule has 5 heteroatoms. The van der Waals surface area contributed by atoms with Gasteiger partial charge in [0.1, 0.15) is 0 Å². The quantitative estimate of drug-likeness (QED) is 0.501. The van der Waals surface area contributed by atoms with Gasteiger partial charge < -0.3 is 9.47 Å². The van der Waals surface area contributed by atoms with Crippen molar-refractivity contribution >= 4 is 11.6 Å². The Kier molecular flexibility index (Phi) is 6.41. The van der Waals surface area contributed by atoms with E-state index >= 15 is 0 Å². The highest BCUT2D eigenvalue weighted by molar-refractivity contribution is 6.03. The van der Waals surface area contributed by atoms with Crippen LogP contribution < -0.4 is 14.9 Å². The number of carbonyl (C=O) groups is 1. The van der Waals surface area contributed by atoms with Crippen LogP contribution in [0.4, 0.5) is 0 Å². The zero-order valence-electron chi connectivity index (χ0n) is 15.9. The number of amides is 1. The Hall–Kier alpha value is -3.60. The summed E-state index contributed by atoms with van der Waals surface area (Å²) in [4.78, 5) is 12.6. The molecular weight excluding hydrogens is 352 g/mol. The molecule has 0 fully saturated rings. The molecule has 0 atom stereocenters. The first-order chi connectivity index (χ1) is 13.7. The molecule has 0 aliphatic heterocycles. The zero-order valence-corrected chi connectivity index (χ0v) is 15.9. The topological polar surface area (TPSA) is 59.9 Å². The van der Waals surface area contributed by atoms with E-state index < -0.39 is 0 Å². The first-order valence-electron chi connectivity index (χ1n) is 8.89. The lowest BCUT2D eigenvalue weighted by Crippen LogP contribution is -2.21. The molecule has 0 aliphatic carbocycles. The summed E-state index contributed by atoms with van der Waals surface area (Å²) in [6, 6.07) is 24.8. The molecule has 0 saturated heterocycles. The predicted octanol–water partition coefficient (Wildman–Crippen LogP) is 4.08. The summed E-state index contributed by atoms with van der Waals surface area (Å²) in [5.74, 6) is 0.741. The highest BCUT2D eigenvalue weighted by atomic mass is 16.5. The summed E-state index contributed by atoms with van der Waals surface area (Å²) in [5.41, 5.74) is 5.95. The van der Waals surface area contributed by atoms with Gasteiger partial charge in [0.15, 0.2) is 11.5 Å². The second-order valence-electron chi connectivity index (χ2n) is 6.10. The van der Waals surface area contributed by atoms with E-state index in [-0.39, 0.29) is 5.91 Å². The third-order valence-corrected chi connectivity index (χ3v) is 4.26. The molecule has 0 aromatic heterocycles. The van der Waals surface area contributed by atoms with E-state index in [1.54, 1.807) is 25.3 Å². The Labute approximate surface area is 164 Å². The molecule has 142 valence electrons. The van der Waals surface area contributed by atoms with Crippen LogP contribution in [-0.4, -0.2) is 25.8 Å². The molecule has 0 saturated carbocycles. The number of hydrogen-bond acceptors (Lipinski definition) is 4. The highest BCUT2D eigenvalue weighted by Crippen LogP contribution is 2.27. The van der Waals surface area contributed by atoms with Gasteiger partial charge in [0.25, 0.3) is 5.91 Å². The lowest BCUT2D eigenvalue weighted by Gasteiger charge is -2.10. The maximum atomic E-state index is 12.6. The van der Waals surface area contributed by atoms with E-state index in [1.165, 1.54) is 7.11 Å². The van der Waals surface area contributed by atoms with E-state index in [0.717, 1.165) is 16.8 Å². The van der Waals surface area contributed by atoms with Crippen LogP contribution in [0.1, 0.15) is 21.5 Å². The second kappa shape index (κ2) is 9.37. The summed E-state index contributed by atoms with van der Waals surface area (Å²) in [6.07, 6.45) is 0.608. The number of nitrogens with zero attached hydrogens (tertiary/aromatic N) is 1. The molecule has 28 heavy (non-hydrogen) atoms. The summed E-state index contributed by atoms with van der Waals surface area (Å²) in [5, 5.41) is 4.41. The first kappa shape index (κ1) is 19.2. The Morgan fingerprint density at radius 2 is 1.46 bits per heavy atom. The van der Waals surface area contributed by atoms with Crippen molar-refractivity contribution < 1.29 is 14.3 Å². The number of rotatable bonds is 7. The van der Waals surface area contributed by atoms with Crippen LogP contribution in [-0.2, 0) is 6.42 Å². The van der Waals surface area contributed by atoms with Gasteiger partial charge in [0.05, 0.1) is 19.9 Å². The normalized spacial score (nSPS) is 11.0. The van der Waals surface area contributed by atoms with Gasteiger partial charge in [-0.3, -0.25) is 4.79 Å². The maximum Gasteiger partial charge on any atom is 0.271 e. The molecule has 0 radical (unpaired) electrons. The number of benzene rings is 3. The number of methoxy groups -OCH3 is 2. The smallest absolute Gasteiger partial charge is 0.271 e. The maximum absolute atomic E-state index is 12.6. The zero-order chi connectivity index (χ0) is 19.8. The van der Waals surface area contributed by atoms with Crippen LogP contribution in [0, 0.1) is 0 Å². The van der Waals surface area contributed by atoms with E-state index in [0.29, 0.717) is 23.5 Å². The molecule has 0 bridgehead atoms. The van der Waals surface area contributed by atoms with Crippen molar-refractivity contribution in [3.05, 3.63) is 95.6 Å². The lowest BCUT2D eigenvalue weighted by atomic mass is 10.0. The van der Waals surface area contributed by atoms with Gasteiger partial charge in [0.2, 0.25) is 0 Å². The van der Waals surface area contributed by atoms with Crippen molar-refractivity contribution in [3.63, 3.8) is 0 Å². The molecule has 3 aromatic carbocycles. The van der Waals surface area contributed by atoms with E-state index in [1.807, 2.05) is 60.7 Å². The molecule has 0 spiro atoms. The molecule has 5 nitrogen and oxygen atoms in total. The standard InChI is InChI=1S/C23H22N2O3/c1-27-21-14-13-19(16-22(21)28-2)23(26)25-24-20(18-11-7-4-8-12-18)15-17-9-5-3-6-10-17/h3-14,16H,15H2,1-2H3,(H,25,26)/b24-20+. The Bertz CT molecular complexity index is 954. The average molecular weight is 374 g/mol. The van der Waals surface area contributed by atoms with E-state index in [4.69, 9.17) is 9.47 Å². The van der Waals surface area contributed by atoms with Crippen molar-refractivity contribution in [1.82, 2.24) is 5.43 Å². The number of carbonyl (C=O) groups excluding carboxylic acids is 1. The predicted molar refractivity (Wildman–Crippen MR) is 110 cm³/mol. The van der Waals surface area contributed by atoms with Gasteiger partial charge in [-0.1, -0.05) is 60.7 Å². The fourth-order valence-corrected chi connectivity index (χ4v) is 2.79. The first-order valence-corrected chi connectivity index (χ1v) is 8.89. The minimum atomic E-state index is -0.317. The van der Waals surface area contributed by atoms with Gasteiger partial charge in [-0.05, 0) is 29.3 Å². The van der Waals surface area contributed by atoms with Crippen LogP contribution in [0.2, 0.25) is 0 Å². The molecule has 0 heterocycles. The summed E-state index contributed by atoms with van der Waals surface area (Å²) in [6.45, 7) is 0. The minimum Gasteiger partial charge on any atom is -0.493 e. The van der Waals surface area contributed by atoms with Crippen molar-refractivity contribution in [2.45, 2.75) is 6.42 Å². The number of hydrazone groups is 1. The minimum absolute atomic E-state index is 0.317. The van der Waals surface area contributed by atoms with Crippen LogP contribution in [0.15, 0.2) is 84.0 Å². The largest absolute Gasteiger partial charge is 0.493 e. The third-order valence-electron chi connectivity index (χ3n) is 4.26. The van der Waals surface area contributed by atoms with Gasteiger partial charge >= 0.3 is 0 Å². The van der Waals surface area contributed by atoms with E-state index in [9.17, 15) is 4.79 Å². The molecule has 0 unspecified atom stereocenters. The van der Waals surface area contributed by atoms with Crippen LogP contribution in [0.3, 0.4) is 0 Å². The van der Waals surface area contributed by atoms with Crippen LogP contribution >= 0.6 is 0 Å². The average Bonchev–Trinajstić information content (AvgIpc) is 2.77. The SMILES string of the molecule is COc1ccc(C(=O)N/N=C(\Cc2ccccc2)c2ccccc2)cc1OC. The summed E-state index contributed by atoms with van der Waals surface area (Å²) in [7, 11) is 3.09. The number of ether oxygens (including phenoxy) is 2. The number of hydrogen-bond donors (Lipinski definition) is 1. The fourth-order valence-electron chi connectivity index (χ4n) is 2.79. The van der Waals surface area contributed by atoms with Crippen LogP contribution in [0.5, 0.6) is 11.5 Å². The summed E-state index contributed by atoms with van der Waals surface area (Å²) >= 11 is 0. The Balaban J connectivity index is 1.83. The molecule has 1 amide bonds. The van der Waals surface area contributed by atoms with Gasteiger partial charge in [-0.25, -0.2) is 5.43 Å². The van der Waals surface area contributed by atoms with Crippen molar-refractivity contribution in [3.8, 4) is 11.5 Å². The third kappa shape index (κ3) is 4.76. The Morgan fingerprint density at radius 3 is 2.11 bits per heavy atom. The molecule has 1 N–H and O–H groups in total. The van der Waals surface area contributed by atoms with Gasteiger partial charge in [-0.2, -0.15) is 5.10 Å². The van der Waals surface area contributed by atoms with Crippen molar-refractivity contribution in [2.75, 3.05) is 14.2 Å². The van der Waals surface area contributed by atoms with E-state index in [2.05, 4.69) is 10.5 Å². The second-order valence-corrected chi connectivity index (χ2v) is 6.10. The lowest BCUT2D eigenvalue weighted by molar-refractivity contribution is 0.0954. The molecular formula is C23H22N2O3. The molecule has 3 rings (SSSR count). The van der Waals surface area contributed by atoms with Gasteiger partial charge in [-0.15, -0.1) is 0 Å². The monoisotopic (exact) mass is 374 g/mol. The fraction of sp³-hybridized carbons (Fsp3) is 0.130. The number of nitrogens with one attached hydrogen (secondary N) is 1. The highest BCUT2D eigenvalue weighted by Gasteiger charge is 2.11. The van der Waals surface area contributed by atoms with Gasteiger partial charge in [0, 0.05) is 12.0 Å². The Morgan fingerprint density at radius 1 is 0.821 bits per heavy atom.